The van der Waals surface area contributed by atoms with Crippen molar-refractivity contribution in [1.82, 2.24) is 0 Å². The summed E-state index contributed by atoms with van der Waals surface area (Å²) < 4.78 is 6.08. The van der Waals surface area contributed by atoms with E-state index in [4.69, 9.17) is 4.74 Å². The summed E-state index contributed by atoms with van der Waals surface area (Å²) in [6.45, 7) is 2.00. The maximum absolute atomic E-state index is 13.0. The zero-order valence-corrected chi connectivity index (χ0v) is 15.8. The molecule has 0 saturated heterocycles. The number of aryl methyl sites for hydroxylation is 1. The molecule has 1 heterocycles. The highest BCUT2D eigenvalue weighted by atomic mass is 16.6. The fraction of sp³-hybridized carbons (Fsp3) is 0.160. The molecule has 3 nitrogen and oxygen atoms in total. The van der Waals surface area contributed by atoms with Crippen molar-refractivity contribution in [2.24, 2.45) is 0 Å². The van der Waals surface area contributed by atoms with Crippen LogP contribution >= 0.6 is 0 Å². The second-order valence-electron chi connectivity index (χ2n) is 7.15. The molecule has 0 aromatic heterocycles. The van der Waals surface area contributed by atoms with Gasteiger partial charge in [0.1, 0.15) is 5.76 Å². The van der Waals surface area contributed by atoms with Gasteiger partial charge in [-0.3, -0.25) is 0 Å². The van der Waals surface area contributed by atoms with Gasteiger partial charge in [-0.15, -0.1) is 0 Å². The average molecular weight is 370 g/mol. The standard InChI is InChI=1S/C25H22O3/c1-18-10-8-9-11-19(18)16-22-23(26)17-25(28-24(22)27,20-12-4-2-5-13-20)21-14-6-3-7-15-21/h2-15,26H,16-17H2,1H3. The summed E-state index contributed by atoms with van der Waals surface area (Å²) in [7, 11) is 0. The van der Waals surface area contributed by atoms with Gasteiger partial charge >= 0.3 is 5.97 Å². The maximum Gasteiger partial charge on any atom is 0.339 e. The van der Waals surface area contributed by atoms with Crippen LogP contribution in [0.4, 0.5) is 0 Å². The van der Waals surface area contributed by atoms with E-state index in [0.717, 1.165) is 22.3 Å². The Morgan fingerprint density at radius 1 is 0.857 bits per heavy atom. The summed E-state index contributed by atoms with van der Waals surface area (Å²) in [5.74, 6) is -0.382. The van der Waals surface area contributed by atoms with Crippen LogP contribution in [0.25, 0.3) is 0 Å². The lowest BCUT2D eigenvalue weighted by Gasteiger charge is -2.38. The molecule has 28 heavy (non-hydrogen) atoms. The predicted molar refractivity (Wildman–Crippen MR) is 109 cm³/mol. The molecule has 0 spiro atoms. The third kappa shape index (κ3) is 3.20. The summed E-state index contributed by atoms with van der Waals surface area (Å²) in [6.07, 6.45) is 0.574. The number of aliphatic hydroxyl groups is 1. The summed E-state index contributed by atoms with van der Waals surface area (Å²) in [5.41, 5.74) is 3.08. The number of carbonyl (C=O) groups excluding carboxylic acids is 1. The highest BCUT2D eigenvalue weighted by Gasteiger charge is 2.44. The first kappa shape index (κ1) is 18.1. The number of cyclic esters (lactones) is 1. The molecule has 4 rings (SSSR count). The third-order valence-corrected chi connectivity index (χ3v) is 5.39. The Labute approximate surface area is 164 Å². The van der Waals surface area contributed by atoms with Crippen molar-refractivity contribution in [3.8, 4) is 0 Å². The average Bonchev–Trinajstić information content (AvgIpc) is 2.73. The first-order valence-electron chi connectivity index (χ1n) is 9.40. The Morgan fingerprint density at radius 3 is 1.93 bits per heavy atom. The normalized spacial score (nSPS) is 16.0. The van der Waals surface area contributed by atoms with Crippen LogP contribution in [0.1, 0.15) is 28.7 Å². The van der Waals surface area contributed by atoms with Crippen molar-refractivity contribution in [1.29, 1.82) is 0 Å². The first-order valence-corrected chi connectivity index (χ1v) is 9.40. The van der Waals surface area contributed by atoms with Gasteiger partial charge in [-0.05, 0) is 18.1 Å². The van der Waals surface area contributed by atoms with Gasteiger partial charge in [0.05, 0.1) is 12.0 Å². The van der Waals surface area contributed by atoms with Crippen LogP contribution in [0, 0.1) is 6.92 Å². The van der Waals surface area contributed by atoms with Crippen LogP contribution in [0.5, 0.6) is 0 Å². The molecule has 140 valence electrons. The number of aliphatic hydroxyl groups excluding tert-OH is 1. The van der Waals surface area contributed by atoms with Crippen molar-refractivity contribution < 1.29 is 14.6 Å². The zero-order chi connectivity index (χ0) is 19.6. The molecule has 0 aliphatic carbocycles. The number of rotatable bonds is 4. The SMILES string of the molecule is Cc1ccccc1CC1=C(O)CC(c2ccccc2)(c2ccccc2)OC1=O. The van der Waals surface area contributed by atoms with E-state index < -0.39 is 11.6 Å². The molecule has 1 aliphatic rings. The summed E-state index contributed by atoms with van der Waals surface area (Å²) in [4.78, 5) is 13.0. The van der Waals surface area contributed by atoms with Gasteiger partial charge < -0.3 is 9.84 Å². The van der Waals surface area contributed by atoms with Crippen molar-refractivity contribution in [2.45, 2.75) is 25.4 Å². The van der Waals surface area contributed by atoms with Gasteiger partial charge in [0.25, 0.3) is 0 Å². The molecule has 1 aliphatic heterocycles. The van der Waals surface area contributed by atoms with Gasteiger partial charge in [0, 0.05) is 17.5 Å². The molecule has 0 bridgehead atoms. The number of carbonyl (C=O) groups is 1. The van der Waals surface area contributed by atoms with E-state index in [-0.39, 0.29) is 12.2 Å². The Morgan fingerprint density at radius 2 is 1.39 bits per heavy atom. The minimum absolute atomic E-state index is 0.0900. The molecule has 0 fully saturated rings. The summed E-state index contributed by atoms with van der Waals surface area (Å²) in [6, 6.07) is 27.1. The highest BCUT2D eigenvalue weighted by molar-refractivity contribution is 5.91. The molecule has 0 radical (unpaired) electrons. The molecule has 0 atom stereocenters. The molecule has 0 unspecified atom stereocenters. The number of benzene rings is 3. The number of esters is 1. The van der Waals surface area contributed by atoms with Gasteiger partial charge in [-0.25, -0.2) is 4.79 Å². The van der Waals surface area contributed by atoms with E-state index in [0.29, 0.717) is 12.0 Å². The smallest absolute Gasteiger partial charge is 0.339 e. The van der Waals surface area contributed by atoms with Gasteiger partial charge in [-0.1, -0.05) is 84.9 Å². The molecule has 0 saturated carbocycles. The Kier molecular flexibility index (Phi) is 4.74. The molecule has 3 heteroatoms. The van der Waals surface area contributed by atoms with Gasteiger partial charge in [0.15, 0.2) is 5.60 Å². The monoisotopic (exact) mass is 370 g/mol. The quantitative estimate of drug-likeness (QED) is 0.639. The van der Waals surface area contributed by atoms with E-state index in [2.05, 4.69) is 0 Å². The lowest BCUT2D eigenvalue weighted by molar-refractivity contribution is -0.155. The second kappa shape index (κ2) is 7.35. The first-order chi connectivity index (χ1) is 13.6. The van der Waals surface area contributed by atoms with E-state index in [1.54, 1.807) is 0 Å². The molecule has 1 N–H and O–H groups in total. The van der Waals surface area contributed by atoms with Crippen LogP contribution in [0.2, 0.25) is 0 Å². The zero-order valence-electron chi connectivity index (χ0n) is 15.8. The Balaban J connectivity index is 1.79. The van der Waals surface area contributed by atoms with Crippen molar-refractivity contribution in [3.05, 3.63) is 119 Å². The summed E-state index contributed by atoms with van der Waals surface area (Å²) in [5, 5.41) is 10.9. The van der Waals surface area contributed by atoms with E-state index in [9.17, 15) is 9.90 Å². The second-order valence-corrected chi connectivity index (χ2v) is 7.15. The van der Waals surface area contributed by atoms with Crippen molar-refractivity contribution in [2.75, 3.05) is 0 Å². The highest BCUT2D eigenvalue weighted by Crippen LogP contribution is 2.43. The Hall–Kier alpha value is -3.33. The van der Waals surface area contributed by atoms with Crippen molar-refractivity contribution >= 4 is 5.97 Å². The number of hydrogen-bond acceptors (Lipinski definition) is 3. The number of hydrogen-bond donors (Lipinski definition) is 1. The van der Waals surface area contributed by atoms with Gasteiger partial charge in [0.2, 0.25) is 0 Å². The van der Waals surface area contributed by atoms with Crippen LogP contribution in [0.3, 0.4) is 0 Å². The van der Waals surface area contributed by atoms with Crippen LogP contribution in [-0.2, 0) is 21.6 Å². The van der Waals surface area contributed by atoms with E-state index in [1.165, 1.54) is 0 Å². The fourth-order valence-corrected chi connectivity index (χ4v) is 3.79. The van der Waals surface area contributed by atoms with Crippen molar-refractivity contribution in [3.63, 3.8) is 0 Å². The minimum atomic E-state index is -1.03. The topological polar surface area (TPSA) is 46.5 Å². The largest absolute Gasteiger partial charge is 0.512 e. The van der Waals surface area contributed by atoms with E-state index >= 15 is 0 Å². The number of ether oxygens (including phenoxy) is 1. The van der Waals surface area contributed by atoms with Crippen LogP contribution in [-0.4, -0.2) is 11.1 Å². The summed E-state index contributed by atoms with van der Waals surface area (Å²) >= 11 is 0. The maximum atomic E-state index is 13.0. The molecule has 3 aromatic carbocycles. The minimum Gasteiger partial charge on any atom is -0.512 e. The molecule has 3 aromatic rings. The van der Waals surface area contributed by atoms with Gasteiger partial charge in [-0.2, -0.15) is 0 Å². The van der Waals surface area contributed by atoms with Crippen LogP contribution in [0.15, 0.2) is 96.3 Å². The lowest BCUT2D eigenvalue weighted by Crippen LogP contribution is -2.39. The lowest BCUT2D eigenvalue weighted by atomic mass is 9.80. The fourth-order valence-electron chi connectivity index (χ4n) is 3.79. The van der Waals surface area contributed by atoms with E-state index in [1.807, 2.05) is 91.9 Å². The van der Waals surface area contributed by atoms with Crippen LogP contribution < -0.4 is 0 Å². The molecular formula is C25H22O3. The Bertz CT molecular complexity index is 980. The predicted octanol–water partition coefficient (Wildman–Crippen LogP) is 5.24. The molecule has 0 amide bonds. The third-order valence-electron chi connectivity index (χ3n) is 5.39. The molecular weight excluding hydrogens is 348 g/mol.